The molecular formula is C37H24O. The van der Waals surface area contributed by atoms with Gasteiger partial charge in [-0.1, -0.05) is 127 Å². The zero-order chi connectivity index (χ0) is 25.1. The first-order valence-corrected chi connectivity index (χ1v) is 13.1. The highest BCUT2D eigenvalue weighted by atomic mass is 16.5. The SMILES string of the molecule is c1ccc(C2(c3ccccc3)c3ccccc3-c3cc4c(cc32)Oc2ccccc2-c2ccccc2-4)cc1. The van der Waals surface area contributed by atoms with E-state index in [-0.39, 0.29) is 0 Å². The summed E-state index contributed by atoms with van der Waals surface area (Å²) in [6.07, 6.45) is 0. The summed E-state index contributed by atoms with van der Waals surface area (Å²) in [4.78, 5) is 0. The van der Waals surface area contributed by atoms with Crippen molar-refractivity contribution in [1.82, 2.24) is 0 Å². The maximum Gasteiger partial charge on any atom is 0.135 e. The summed E-state index contributed by atoms with van der Waals surface area (Å²) >= 11 is 0. The molecule has 0 fully saturated rings. The second kappa shape index (κ2) is 8.06. The molecule has 8 rings (SSSR count). The Morgan fingerprint density at radius 3 is 1.55 bits per heavy atom. The van der Waals surface area contributed by atoms with Gasteiger partial charge in [-0.25, -0.2) is 0 Å². The van der Waals surface area contributed by atoms with E-state index in [0.717, 1.165) is 22.6 Å². The molecule has 2 aliphatic rings. The van der Waals surface area contributed by atoms with Crippen LogP contribution in [0.2, 0.25) is 0 Å². The molecule has 1 heterocycles. The zero-order valence-electron chi connectivity index (χ0n) is 20.8. The maximum absolute atomic E-state index is 6.77. The first kappa shape index (κ1) is 21.2. The Morgan fingerprint density at radius 1 is 0.342 bits per heavy atom. The smallest absolute Gasteiger partial charge is 0.135 e. The molecule has 178 valence electrons. The van der Waals surface area contributed by atoms with Crippen LogP contribution in [0.15, 0.2) is 146 Å². The normalized spacial score (nSPS) is 13.7. The molecule has 0 amide bonds. The van der Waals surface area contributed by atoms with Gasteiger partial charge in [0.15, 0.2) is 0 Å². The number of hydrogen-bond donors (Lipinski definition) is 0. The third-order valence-electron chi connectivity index (χ3n) is 8.17. The molecule has 6 aromatic carbocycles. The fourth-order valence-electron chi connectivity index (χ4n) is 6.61. The van der Waals surface area contributed by atoms with Gasteiger partial charge in [-0.15, -0.1) is 0 Å². The van der Waals surface area contributed by atoms with E-state index in [1.165, 1.54) is 44.5 Å². The van der Waals surface area contributed by atoms with E-state index in [1.807, 2.05) is 6.07 Å². The van der Waals surface area contributed by atoms with Crippen molar-refractivity contribution in [2.75, 3.05) is 0 Å². The van der Waals surface area contributed by atoms with Crippen LogP contribution >= 0.6 is 0 Å². The first-order valence-electron chi connectivity index (χ1n) is 13.1. The minimum absolute atomic E-state index is 0.446. The number of ether oxygens (including phenoxy) is 1. The zero-order valence-corrected chi connectivity index (χ0v) is 20.8. The maximum atomic E-state index is 6.77. The standard InChI is InChI=1S/C37H24O/c1-3-13-25(14-4-1)37(26-15-5-2-6-16-26)33-21-11-9-19-29(33)31-23-32-28-18-8-7-17-27(28)30-20-10-12-22-35(30)38-36(32)24-34(31)37/h1-24H. The summed E-state index contributed by atoms with van der Waals surface area (Å²) in [5.41, 5.74) is 11.8. The van der Waals surface area contributed by atoms with Crippen molar-refractivity contribution < 1.29 is 4.74 Å². The van der Waals surface area contributed by atoms with Crippen molar-refractivity contribution >= 4 is 0 Å². The summed E-state index contributed by atoms with van der Waals surface area (Å²) in [6.45, 7) is 0. The van der Waals surface area contributed by atoms with Crippen LogP contribution in [-0.2, 0) is 5.41 Å². The highest BCUT2D eigenvalue weighted by molar-refractivity contribution is 5.96. The van der Waals surface area contributed by atoms with Crippen LogP contribution in [0.5, 0.6) is 11.5 Å². The number of rotatable bonds is 2. The quantitative estimate of drug-likeness (QED) is 0.237. The molecule has 0 saturated carbocycles. The largest absolute Gasteiger partial charge is 0.456 e. The van der Waals surface area contributed by atoms with Gasteiger partial charge in [-0.3, -0.25) is 0 Å². The van der Waals surface area contributed by atoms with Crippen LogP contribution < -0.4 is 4.74 Å². The summed E-state index contributed by atoms with van der Waals surface area (Å²) in [7, 11) is 0. The Kier molecular flexibility index (Phi) is 4.50. The minimum atomic E-state index is -0.446. The fourth-order valence-corrected chi connectivity index (χ4v) is 6.61. The average Bonchev–Trinajstić information content (AvgIpc) is 3.19. The summed E-state index contributed by atoms with van der Waals surface area (Å²) in [6, 6.07) is 52.4. The molecule has 0 saturated heterocycles. The van der Waals surface area contributed by atoms with E-state index in [0.29, 0.717) is 0 Å². The van der Waals surface area contributed by atoms with E-state index in [1.54, 1.807) is 0 Å². The Labute approximate surface area is 222 Å². The predicted octanol–water partition coefficient (Wildman–Crippen LogP) is 9.49. The molecule has 6 aromatic rings. The Morgan fingerprint density at radius 2 is 0.868 bits per heavy atom. The van der Waals surface area contributed by atoms with Crippen LogP contribution in [0, 0.1) is 0 Å². The molecule has 1 nitrogen and oxygen atoms in total. The summed E-state index contributed by atoms with van der Waals surface area (Å²) < 4.78 is 6.77. The molecule has 1 heteroatoms. The van der Waals surface area contributed by atoms with Crippen LogP contribution in [-0.4, -0.2) is 0 Å². The van der Waals surface area contributed by atoms with Crippen molar-refractivity contribution in [2.24, 2.45) is 0 Å². The third kappa shape index (κ3) is 2.82. The number of benzene rings is 6. The van der Waals surface area contributed by atoms with Crippen LogP contribution in [0.25, 0.3) is 33.4 Å². The van der Waals surface area contributed by atoms with E-state index in [9.17, 15) is 0 Å². The van der Waals surface area contributed by atoms with Gasteiger partial charge in [0.1, 0.15) is 11.5 Å². The Hall–Kier alpha value is -4.88. The van der Waals surface area contributed by atoms with E-state index < -0.39 is 5.41 Å². The highest BCUT2D eigenvalue weighted by Gasteiger charge is 2.46. The van der Waals surface area contributed by atoms with Gasteiger partial charge >= 0.3 is 0 Å². The molecule has 0 unspecified atom stereocenters. The molecule has 0 radical (unpaired) electrons. The molecule has 0 N–H and O–H groups in total. The predicted molar refractivity (Wildman–Crippen MR) is 155 cm³/mol. The van der Waals surface area contributed by atoms with Crippen LogP contribution in [0.4, 0.5) is 0 Å². The lowest BCUT2D eigenvalue weighted by molar-refractivity contribution is 0.486. The average molecular weight is 485 g/mol. The fraction of sp³-hybridized carbons (Fsp3) is 0.0270. The molecule has 0 bridgehead atoms. The number of hydrogen-bond acceptors (Lipinski definition) is 1. The van der Waals surface area contributed by atoms with Gasteiger partial charge in [-0.05, 0) is 62.7 Å². The second-order valence-electron chi connectivity index (χ2n) is 10.1. The topological polar surface area (TPSA) is 9.23 Å². The van der Waals surface area contributed by atoms with Crippen molar-refractivity contribution in [3.8, 4) is 44.9 Å². The molecule has 0 atom stereocenters. The summed E-state index contributed by atoms with van der Waals surface area (Å²) in [5.74, 6) is 1.78. The lowest BCUT2D eigenvalue weighted by Gasteiger charge is -2.34. The van der Waals surface area contributed by atoms with Crippen LogP contribution in [0.1, 0.15) is 22.3 Å². The highest BCUT2D eigenvalue weighted by Crippen LogP contribution is 2.59. The summed E-state index contributed by atoms with van der Waals surface area (Å²) in [5, 5.41) is 0. The Bertz CT molecular complexity index is 1790. The van der Waals surface area contributed by atoms with Gasteiger partial charge in [0.2, 0.25) is 0 Å². The van der Waals surface area contributed by atoms with E-state index in [2.05, 4.69) is 140 Å². The van der Waals surface area contributed by atoms with E-state index in [4.69, 9.17) is 4.74 Å². The van der Waals surface area contributed by atoms with Crippen molar-refractivity contribution in [3.05, 3.63) is 168 Å². The molecule has 38 heavy (non-hydrogen) atoms. The Balaban J connectivity index is 1.51. The third-order valence-corrected chi connectivity index (χ3v) is 8.17. The van der Waals surface area contributed by atoms with Crippen LogP contribution in [0.3, 0.4) is 0 Å². The first-order chi connectivity index (χ1) is 18.9. The number of fused-ring (bicyclic) bond motifs is 8. The van der Waals surface area contributed by atoms with Crippen molar-refractivity contribution in [3.63, 3.8) is 0 Å². The van der Waals surface area contributed by atoms with Gasteiger partial charge in [0.25, 0.3) is 0 Å². The lowest BCUT2D eigenvalue weighted by Crippen LogP contribution is -2.28. The van der Waals surface area contributed by atoms with Gasteiger partial charge < -0.3 is 4.74 Å². The van der Waals surface area contributed by atoms with Gasteiger partial charge in [0.05, 0.1) is 5.41 Å². The number of para-hydroxylation sites is 1. The van der Waals surface area contributed by atoms with E-state index >= 15 is 0 Å². The van der Waals surface area contributed by atoms with Crippen molar-refractivity contribution in [1.29, 1.82) is 0 Å². The van der Waals surface area contributed by atoms with Gasteiger partial charge in [0, 0.05) is 11.1 Å². The van der Waals surface area contributed by atoms with Gasteiger partial charge in [-0.2, -0.15) is 0 Å². The monoisotopic (exact) mass is 484 g/mol. The molecule has 0 aromatic heterocycles. The molecular weight excluding hydrogens is 460 g/mol. The molecule has 1 aliphatic heterocycles. The second-order valence-corrected chi connectivity index (χ2v) is 10.1. The van der Waals surface area contributed by atoms with Crippen molar-refractivity contribution in [2.45, 2.75) is 5.41 Å². The molecule has 1 aliphatic carbocycles. The molecule has 0 spiro atoms. The minimum Gasteiger partial charge on any atom is -0.456 e. The lowest BCUT2D eigenvalue weighted by atomic mass is 9.67.